The summed E-state index contributed by atoms with van der Waals surface area (Å²) in [5.41, 5.74) is 0.424. The summed E-state index contributed by atoms with van der Waals surface area (Å²) in [6.07, 6.45) is 2.53. The van der Waals surface area contributed by atoms with Crippen LogP contribution in [0.4, 0.5) is 0 Å². The molecule has 0 saturated heterocycles. The Morgan fingerprint density at radius 1 is 1.33 bits per heavy atom. The molecule has 1 rings (SSSR count). The van der Waals surface area contributed by atoms with Crippen LogP contribution < -0.4 is 10.6 Å². The van der Waals surface area contributed by atoms with E-state index in [4.69, 9.17) is 0 Å². The van der Waals surface area contributed by atoms with Crippen LogP contribution in [0.3, 0.4) is 0 Å². The number of hydrogen-bond acceptors (Lipinski definition) is 2. The van der Waals surface area contributed by atoms with Crippen molar-refractivity contribution in [3.05, 3.63) is 0 Å². The molecule has 2 N–H and O–H groups in total. The molecule has 0 bridgehead atoms. The highest BCUT2D eigenvalue weighted by Gasteiger charge is 2.37. The van der Waals surface area contributed by atoms with Crippen LogP contribution in [0.15, 0.2) is 0 Å². The Bertz CT molecular complexity index is 95.1. The SMILES string of the molecule is CNC1CC(C)(NC)C1. The normalized spacial score (nSPS) is 42.3. The van der Waals surface area contributed by atoms with Gasteiger partial charge in [0.1, 0.15) is 0 Å². The van der Waals surface area contributed by atoms with E-state index in [1.807, 2.05) is 14.1 Å². The van der Waals surface area contributed by atoms with Gasteiger partial charge in [0.2, 0.25) is 0 Å². The highest BCUT2D eigenvalue weighted by atomic mass is 15.0. The number of rotatable bonds is 2. The quantitative estimate of drug-likeness (QED) is 0.560. The predicted molar refractivity (Wildman–Crippen MR) is 39.5 cm³/mol. The molecule has 0 aromatic carbocycles. The highest BCUT2D eigenvalue weighted by Crippen LogP contribution is 2.30. The Balaban J connectivity index is 2.24. The van der Waals surface area contributed by atoms with Crippen molar-refractivity contribution >= 4 is 0 Å². The maximum absolute atomic E-state index is 3.30. The van der Waals surface area contributed by atoms with Gasteiger partial charge in [-0.05, 0) is 33.9 Å². The summed E-state index contributed by atoms with van der Waals surface area (Å²) in [6, 6.07) is 0.752. The predicted octanol–water partition coefficient (Wildman–Crippen LogP) is 0.346. The summed E-state index contributed by atoms with van der Waals surface area (Å²) in [5.74, 6) is 0. The Morgan fingerprint density at radius 2 is 1.89 bits per heavy atom. The van der Waals surface area contributed by atoms with Crippen molar-refractivity contribution < 1.29 is 0 Å². The summed E-state index contributed by atoms with van der Waals surface area (Å²) in [5, 5.41) is 6.55. The molecule has 0 aliphatic heterocycles. The molecule has 2 nitrogen and oxygen atoms in total. The van der Waals surface area contributed by atoms with Gasteiger partial charge in [0.25, 0.3) is 0 Å². The topological polar surface area (TPSA) is 24.1 Å². The van der Waals surface area contributed by atoms with Crippen molar-refractivity contribution in [3.8, 4) is 0 Å². The van der Waals surface area contributed by atoms with E-state index in [1.54, 1.807) is 0 Å². The van der Waals surface area contributed by atoms with Gasteiger partial charge in [-0.1, -0.05) is 0 Å². The first-order valence-electron chi connectivity index (χ1n) is 3.56. The van der Waals surface area contributed by atoms with E-state index in [0.717, 1.165) is 6.04 Å². The number of hydrogen-bond donors (Lipinski definition) is 2. The smallest absolute Gasteiger partial charge is 0.0179 e. The first-order chi connectivity index (χ1) is 4.20. The zero-order valence-corrected chi connectivity index (χ0v) is 6.49. The lowest BCUT2D eigenvalue weighted by Gasteiger charge is -2.45. The van der Waals surface area contributed by atoms with Gasteiger partial charge >= 0.3 is 0 Å². The van der Waals surface area contributed by atoms with E-state index >= 15 is 0 Å². The van der Waals surface area contributed by atoms with E-state index in [2.05, 4.69) is 17.6 Å². The maximum Gasteiger partial charge on any atom is 0.0179 e. The van der Waals surface area contributed by atoms with E-state index in [0.29, 0.717) is 5.54 Å². The van der Waals surface area contributed by atoms with Crippen LogP contribution >= 0.6 is 0 Å². The lowest BCUT2D eigenvalue weighted by molar-refractivity contribution is 0.166. The molecule has 1 saturated carbocycles. The first-order valence-corrected chi connectivity index (χ1v) is 3.56. The molecule has 54 valence electrons. The molecule has 1 aliphatic rings. The lowest BCUT2D eigenvalue weighted by atomic mass is 9.74. The van der Waals surface area contributed by atoms with Crippen molar-refractivity contribution in [3.63, 3.8) is 0 Å². The Morgan fingerprint density at radius 3 is 2.22 bits per heavy atom. The molecule has 0 amide bonds. The molecule has 0 atom stereocenters. The standard InChI is InChI=1S/C7H16N2/c1-7(9-3)4-6(5-7)8-2/h6,8-9H,4-5H2,1-3H3. The second-order valence-electron chi connectivity index (χ2n) is 3.20. The molecule has 0 aromatic heterocycles. The van der Waals surface area contributed by atoms with Gasteiger partial charge in [-0.15, -0.1) is 0 Å². The zero-order valence-electron chi connectivity index (χ0n) is 6.49. The Labute approximate surface area is 57.0 Å². The minimum Gasteiger partial charge on any atom is -0.317 e. The van der Waals surface area contributed by atoms with Gasteiger partial charge in [0, 0.05) is 11.6 Å². The molecule has 0 radical (unpaired) electrons. The van der Waals surface area contributed by atoms with Crippen LogP contribution in [0.5, 0.6) is 0 Å². The first kappa shape index (κ1) is 7.03. The van der Waals surface area contributed by atoms with Crippen LogP contribution in [0.1, 0.15) is 19.8 Å². The lowest BCUT2D eigenvalue weighted by Crippen LogP contribution is -2.57. The monoisotopic (exact) mass is 128 g/mol. The Kier molecular flexibility index (Phi) is 1.78. The van der Waals surface area contributed by atoms with E-state index in [1.165, 1.54) is 12.8 Å². The Hall–Kier alpha value is -0.0800. The summed E-state index contributed by atoms with van der Waals surface area (Å²) >= 11 is 0. The van der Waals surface area contributed by atoms with E-state index in [9.17, 15) is 0 Å². The van der Waals surface area contributed by atoms with Crippen molar-refractivity contribution in [1.29, 1.82) is 0 Å². The third-order valence-corrected chi connectivity index (χ3v) is 2.41. The summed E-state index contributed by atoms with van der Waals surface area (Å²) < 4.78 is 0. The van der Waals surface area contributed by atoms with Gasteiger partial charge in [-0.2, -0.15) is 0 Å². The molecule has 1 aliphatic carbocycles. The van der Waals surface area contributed by atoms with Gasteiger partial charge < -0.3 is 10.6 Å². The second kappa shape index (κ2) is 2.27. The van der Waals surface area contributed by atoms with Gasteiger partial charge in [-0.25, -0.2) is 0 Å². The van der Waals surface area contributed by atoms with Gasteiger partial charge in [-0.3, -0.25) is 0 Å². The molecule has 0 spiro atoms. The van der Waals surface area contributed by atoms with Crippen LogP contribution in [0, 0.1) is 0 Å². The summed E-state index contributed by atoms with van der Waals surface area (Å²) in [6.45, 7) is 2.26. The largest absolute Gasteiger partial charge is 0.317 e. The van der Waals surface area contributed by atoms with Crippen molar-refractivity contribution in [2.45, 2.75) is 31.3 Å². The van der Waals surface area contributed by atoms with Crippen LogP contribution in [0.2, 0.25) is 0 Å². The molecule has 0 unspecified atom stereocenters. The minimum absolute atomic E-state index is 0.424. The highest BCUT2D eigenvalue weighted by molar-refractivity contribution is 4.99. The van der Waals surface area contributed by atoms with Crippen molar-refractivity contribution in [2.75, 3.05) is 14.1 Å². The van der Waals surface area contributed by atoms with Crippen molar-refractivity contribution in [1.82, 2.24) is 10.6 Å². The second-order valence-corrected chi connectivity index (χ2v) is 3.20. The molecule has 9 heavy (non-hydrogen) atoms. The third kappa shape index (κ3) is 1.25. The molecule has 2 heteroatoms. The fourth-order valence-corrected chi connectivity index (χ4v) is 1.44. The number of nitrogens with one attached hydrogen (secondary N) is 2. The average Bonchev–Trinajstić information content (AvgIpc) is 1.81. The molecule has 1 fully saturated rings. The van der Waals surface area contributed by atoms with Gasteiger partial charge in [0.15, 0.2) is 0 Å². The van der Waals surface area contributed by atoms with E-state index < -0.39 is 0 Å². The van der Waals surface area contributed by atoms with E-state index in [-0.39, 0.29) is 0 Å². The maximum atomic E-state index is 3.30. The van der Waals surface area contributed by atoms with Crippen molar-refractivity contribution in [2.24, 2.45) is 0 Å². The van der Waals surface area contributed by atoms with Crippen LogP contribution in [-0.2, 0) is 0 Å². The molecular formula is C7H16N2. The van der Waals surface area contributed by atoms with Crippen LogP contribution in [0.25, 0.3) is 0 Å². The zero-order chi connectivity index (χ0) is 6.91. The fraction of sp³-hybridized carbons (Fsp3) is 1.00. The molecule has 0 aromatic rings. The third-order valence-electron chi connectivity index (χ3n) is 2.41. The average molecular weight is 128 g/mol. The minimum atomic E-state index is 0.424. The van der Waals surface area contributed by atoms with Gasteiger partial charge in [0.05, 0.1) is 0 Å². The fourth-order valence-electron chi connectivity index (χ4n) is 1.44. The summed E-state index contributed by atoms with van der Waals surface area (Å²) in [7, 11) is 4.06. The summed E-state index contributed by atoms with van der Waals surface area (Å²) in [4.78, 5) is 0. The van der Waals surface area contributed by atoms with Crippen LogP contribution in [-0.4, -0.2) is 25.7 Å². The molecule has 0 heterocycles. The molecular weight excluding hydrogens is 112 g/mol.